The van der Waals surface area contributed by atoms with E-state index in [0.29, 0.717) is 11.6 Å². The minimum atomic E-state index is 0.631. The lowest BCUT2D eigenvalue weighted by Gasteiger charge is -2.38. The predicted octanol–water partition coefficient (Wildman–Crippen LogP) is 0.633. The Balaban J connectivity index is 1.83. The van der Waals surface area contributed by atoms with Gasteiger partial charge < -0.3 is 4.90 Å². The Kier molecular flexibility index (Phi) is 2.65. The Morgan fingerprint density at radius 3 is 3.18 bits per heavy atom. The van der Waals surface area contributed by atoms with E-state index in [-0.39, 0.29) is 0 Å². The highest BCUT2D eigenvalue weighted by atomic mass is 15.3. The number of fused-ring (bicyclic) bond motifs is 1. The number of anilines is 1. The summed E-state index contributed by atoms with van der Waals surface area (Å²) in [6.07, 6.45) is 4.14. The lowest BCUT2D eigenvalue weighted by molar-refractivity contribution is 0.230. The molecule has 0 saturated carbocycles. The largest absolute Gasteiger partial charge is 0.351 e. The maximum atomic E-state index is 9.08. The Morgan fingerprint density at radius 1 is 1.35 bits per heavy atom. The molecule has 0 radical (unpaired) electrons. The number of hydrogen-bond acceptors (Lipinski definition) is 5. The first-order valence-electron chi connectivity index (χ1n) is 6.09. The van der Waals surface area contributed by atoms with Gasteiger partial charge in [0, 0.05) is 25.7 Å². The van der Waals surface area contributed by atoms with E-state index in [9.17, 15) is 0 Å². The van der Waals surface area contributed by atoms with Crippen molar-refractivity contribution >= 4 is 5.82 Å². The molecular formula is C12H15N5. The van der Waals surface area contributed by atoms with Crippen molar-refractivity contribution in [3.05, 3.63) is 17.8 Å². The molecule has 17 heavy (non-hydrogen) atoms. The fourth-order valence-corrected chi connectivity index (χ4v) is 2.83. The normalized spacial score (nSPS) is 24.4. The molecule has 0 spiro atoms. The third-order valence-electron chi connectivity index (χ3n) is 3.71. The van der Waals surface area contributed by atoms with Gasteiger partial charge in [0.25, 0.3) is 0 Å². The van der Waals surface area contributed by atoms with E-state index in [1.807, 2.05) is 0 Å². The van der Waals surface area contributed by atoms with Crippen LogP contribution in [0.15, 0.2) is 12.3 Å². The molecule has 1 unspecified atom stereocenters. The fourth-order valence-electron chi connectivity index (χ4n) is 2.83. The zero-order valence-corrected chi connectivity index (χ0v) is 9.71. The highest BCUT2D eigenvalue weighted by molar-refractivity contribution is 5.53. The van der Waals surface area contributed by atoms with Crippen LogP contribution in [0.5, 0.6) is 0 Å². The molecule has 2 fully saturated rings. The average Bonchev–Trinajstić information content (AvgIpc) is 2.85. The van der Waals surface area contributed by atoms with Crippen LogP contribution in [0.4, 0.5) is 5.82 Å². The summed E-state index contributed by atoms with van der Waals surface area (Å²) in [5.41, 5.74) is 0.631. The monoisotopic (exact) mass is 229 g/mol. The SMILES string of the molecule is N#Cc1ccnnc1N1CCN2CCCC2C1. The second kappa shape index (κ2) is 4.30. The first-order chi connectivity index (χ1) is 8.38. The molecule has 5 nitrogen and oxygen atoms in total. The highest BCUT2D eigenvalue weighted by Gasteiger charge is 2.31. The van der Waals surface area contributed by atoms with E-state index in [0.717, 1.165) is 25.5 Å². The second-order valence-corrected chi connectivity index (χ2v) is 4.66. The van der Waals surface area contributed by atoms with Crippen molar-refractivity contribution in [3.8, 4) is 6.07 Å². The van der Waals surface area contributed by atoms with Crippen molar-refractivity contribution in [1.29, 1.82) is 5.26 Å². The third-order valence-corrected chi connectivity index (χ3v) is 3.71. The van der Waals surface area contributed by atoms with E-state index >= 15 is 0 Å². The molecule has 0 N–H and O–H groups in total. The molecule has 1 aromatic rings. The summed E-state index contributed by atoms with van der Waals surface area (Å²) in [5.74, 6) is 0.751. The lowest BCUT2D eigenvalue weighted by Crippen LogP contribution is -2.50. The predicted molar refractivity (Wildman–Crippen MR) is 63.6 cm³/mol. The molecular weight excluding hydrogens is 214 g/mol. The van der Waals surface area contributed by atoms with Crippen molar-refractivity contribution < 1.29 is 0 Å². The minimum Gasteiger partial charge on any atom is -0.351 e. The summed E-state index contributed by atoms with van der Waals surface area (Å²) in [7, 11) is 0. The molecule has 0 aromatic carbocycles. The molecule has 0 amide bonds. The summed E-state index contributed by atoms with van der Waals surface area (Å²) < 4.78 is 0. The molecule has 2 saturated heterocycles. The summed E-state index contributed by atoms with van der Waals surface area (Å²) in [6.45, 7) is 4.23. The van der Waals surface area contributed by atoms with Crippen molar-refractivity contribution in [2.24, 2.45) is 0 Å². The molecule has 5 heteroatoms. The van der Waals surface area contributed by atoms with Crippen molar-refractivity contribution in [1.82, 2.24) is 15.1 Å². The van der Waals surface area contributed by atoms with Gasteiger partial charge in [-0.25, -0.2) is 0 Å². The first kappa shape index (κ1) is 10.5. The van der Waals surface area contributed by atoms with Crippen molar-refractivity contribution in [2.45, 2.75) is 18.9 Å². The van der Waals surface area contributed by atoms with E-state index in [4.69, 9.17) is 5.26 Å². The summed E-state index contributed by atoms with van der Waals surface area (Å²) in [6, 6.07) is 4.57. The summed E-state index contributed by atoms with van der Waals surface area (Å²) in [5, 5.41) is 17.1. The van der Waals surface area contributed by atoms with Crippen LogP contribution in [0.3, 0.4) is 0 Å². The Hall–Kier alpha value is -1.67. The van der Waals surface area contributed by atoms with Gasteiger partial charge >= 0.3 is 0 Å². The zero-order valence-electron chi connectivity index (χ0n) is 9.71. The molecule has 1 aromatic heterocycles. The number of rotatable bonds is 1. The Morgan fingerprint density at radius 2 is 2.29 bits per heavy atom. The summed E-state index contributed by atoms with van der Waals surface area (Å²) in [4.78, 5) is 4.75. The van der Waals surface area contributed by atoms with Gasteiger partial charge in [-0.15, -0.1) is 5.10 Å². The van der Waals surface area contributed by atoms with Crippen LogP contribution in [0, 0.1) is 11.3 Å². The Labute approximate surface area is 101 Å². The first-order valence-corrected chi connectivity index (χ1v) is 6.09. The van der Waals surface area contributed by atoms with Crippen LogP contribution in [-0.4, -0.2) is 47.3 Å². The van der Waals surface area contributed by atoms with E-state index < -0.39 is 0 Å². The molecule has 3 rings (SSSR count). The van der Waals surface area contributed by atoms with Crippen molar-refractivity contribution in [3.63, 3.8) is 0 Å². The van der Waals surface area contributed by atoms with Gasteiger partial charge in [-0.2, -0.15) is 10.4 Å². The second-order valence-electron chi connectivity index (χ2n) is 4.66. The van der Waals surface area contributed by atoms with Crippen LogP contribution in [0.2, 0.25) is 0 Å². The maximum Gasteiger partial charge on any atom is 0.169 e. The molecule has 1 atom stereocenters. The molecule has 2 aliphatic rings. The van der Waals surface area contributed by atoms with Crippen LogP contribution < -0.4 is 4.90 Å². The van der Waals surface area contributed by atoms with Gasteiger partial charge in [0.2, 0.25) is 0 Å². The maximum absolute atomic E-state index is 9.08. The third kappa shape index (κ3) is 1.85. The molecule has 2 aliphatic heterocycles. The average molecular weight is 229 g/mol. The fraction of sp³-hybridized carbons (Fsp3) is 0.583. The molecule has 0 bridgehead atoms. The van der Waals surface area contributed by atoms with E-state index in [2.05, 4.69) is 26.1 Å². The van der Waals surface area contributed by atoms with Gasteiger partial charge in [0.1, 0.15) is 6.07 Å². The minimum absolute atomic E-state index is 0.631. The van der Waals surface area contributed by atoms with Crippen LogP contribution in [-0.2, 0) is 0 Å². The van der Waals surface area contributed by atoms with Crippen LogP contribution in [0.25, 0.3) is 0 Å². The quantitative estimate of drug-likeness (QED) is 0.707. The van der Waals surface area contributed by atoms with Gasteiger partial charge in [-0.05, 0) is 25.5 Å². The molecule has 0 aliphatic carbocycles. The smallest absolute Gasteiger partial charge is 0.169 e. The number of nitrogens with zero attached hydrogens (tertiary/aromatic N) is 5. The van der Waals surface area contributed by atoms with Crippen molar-refractivity contribution in [2.75, 3.05) is 31.1 Å². The van der Waals surface area contributed by atoms with E-state index in [1.165, 1.54) is 19.4 Å². The van der Waals surface area contributed by atoms with Gasteiger partial charge in [-0.1, -0.05) is 0 Å². The van der Waals surface area contributed by atoms with Crippen LogP contribution >= 0.6 is 0 Å². The standard InChI is InChI=1S/C12H15N5/c13-8-10-3-4-14-15-12(10)17-7-6-16-5-1-2-11(16)9-17/h3-4,11H,1-2,5-7,9H2. The zero-order chi connectivity index (χ0) is 11.7. The lowest BCUT2D eigenvalue weighted by atomic mass is 10.1. The summed E-state index contributed by atoms with van der Waals surface area (Å²) >= 11 is 0. The molecule has 88 valence electrons. The van der Waals surface area contributed by atoms with E-state index in [1.54, 1.807) is 12.3 Å². The number of hydrogen-bond donors (Lipinski definition) is 0. The van der Waals surface area contributed by atoms with Gasteiger partial charge in [-0.3, -0.25) is 4.90 Å². The number of aromatic nitrogens is 2. The van der Waals surface area contributed by atoms with Crippen LogP contribution in [0.1, 0.15) is 18.4 Å². The molecule has 3 heterocycles. The number of piperazine rings is 1. The topological polar surface area (TPSA) is 56.1 Å². The number of nitriles is 1. The van der Waals surface area contributed by atoms with Gasteiger partial charge in [0.05, 0.1) is 11.8 Å². The highest BCUT2D eigenvalue weighted by Crippen LogP contribution is 2.25. The Bertz CT molecular complexity index is 452. The van der Waals surface area contributed by atoms with Gasteiger partial charge in [0.15, 0.2) is 5.82 Å².